The lowest BCUT2D eigenvalue weighted by Gasteiger charge is -2.33. The normalized spacial score (nSPS) is 20.5. The third kappa shape index (κ3) is 4.53. The fraction of sp³-hybridized carbons (Fsp3) is 0.818. The highest BCUT2D eigenvalue weighted by Crippen LogP contribution is 2.02. The molecular formula is C11H22N2O2. The number of aliphatic hydroxyl groups excluding tert-OH is 1. The molecule has 4 nitrogen and oxygen atoms in total. The Bertz CT molecular complexity index is 199. The lowest BCUT2D eigenvalue weighted by Crippen LogP contribution is -2.46. The van der Waals surface area contributed by atoms with Crippen LogP contribution in [0.2, 0.25) is 0 Å². The number of rotatable bonds is 5. The van der Waals surface area contributed by atoms with Crippen molar-refractivity contribution in [2.24, 2.45) is 0 Å². The number of piperazine rings is 1. The molecule has 0 spiro atoms. The molecular weight excluding hydrogens is 192 g/mol. The predicted molar refractivity (Wildman–Crippen MR) is 60.9 cm³/mol. The first-order valence-corrected chi connectivity index (χ1v) is 5.64. The second kappa shape index (κ2) is 6.69. The average molecular weight is 214 g/mol. The highest BCUT2D eigenvalue weighted by atomic mass is 16.6. The number of hydrogen-bond donors (Lipinski definition) is 1. The van der Waals surface area contributed by atoms with E-state index in [1.165, 1.54) is 20.1 Å². The van der Waals surface area contributed by atoms with Crippen LogP contribution in [0, 0.1) is 0 Å². The molecule has 0 amide bonds. The van der Waals surface area contributed by atoms with E-state index in [-0.39, 0.29) is 5.95 Å². The van der Waals surface area contributed by atoms with Crippen LogP contribution in [0.1, 0.15) is 13.3 Å². The Morgan fingerprint density at radius 1 is 1.27 bits per heavy atom. The monoisotopic (exact) mass is 214 g/mol. The van der Waals surface area contributed by atoms with Crippen molar-refractivity contribution in [3.05, 3.63) is 12.0 Å². The van der Waals surface area contributed by atoms with Crippen molar-refractivity contribution in [2.75, 3.05) is 46.4 Å². The lowest BCUT2D eigenvalue weighted by atomic mass is 10.3. The summed E-state index contributed by atoms with van der Waals surface area (Å²) < 4.78 is 4.68. The third-order valence-electron chi connectivity index (χ3n) is 2.74. The Labute approximate surface area is 92.1 Å². The molecule has 0 atom stereocenters. The van der Waals surface area contributed by atoms with Gasteiger partial charge in [-0.25, -0.2) is 0 Å². The molecule has 0 aliphatic carbocycles. The molecule has 1 saturated heterocycles. The van der Waals surface area contributed by atoms with Gasteiger partial charge in [0.2, 0.25) is 0 Å². The largest absolute Gasteiger partial charge is 0.481 e. The minimum absolute atomic E-state index is 0.0194. The quantitative estimate of drug-likeness (QED) is 0.694. The van der Waals surface area contributed by atoms with Gasteiger partial charge in [0.15, 0.2) is 0 Å². The summed E-state index contributed by atoms with van der Waals surface area (Å²) >= 11 is 0. The van der Waals surface area contributed by atoms with Gasteiger partial charge in [-0.2, -0.15) is 0 Å². The molecule has 1 aliphatic rings. The maximum Gasteiger partial charge on any atom is 0.273 e. The molecule has 0 aromatic rings. The molecule has 1 aliphatic heterocycles. The SMILES string of the molecule is CCCN1CCN(C/C=C(\O)OC)CC1. The fourth-order valence-electron chi connectivity index (χ4n) is 1.80. The van der Waals surface area contributed by atoms with Crippen LogP contribution in [0.3, 0.4) is 0 Å². The first-order chi connectivity index (χ1) is 7.26. The van der Waals surface area contributed by atoms with Crippen LogP contribution in [0.25, 0.3) is 0 Å². The van der Waals surface area contributed by atoms with Gasteiger partial charge in [0.05, 0.1) is 7.11 Å². The molecule has 0 aromatic carbocycles. The highest BCUT2D eigenvalue weighted by Gasteiger charge is 2.14. The number of nitrogens with zero attached hydrogens (tertiary/aromatic N) is 2. The van der Waals surface area contributed by atoms with E-state index in [0.29, 0.717) is 0 Å². The molecule has 0 unspecified atom stereocenters. The summed E-state index contributed by atoms with van der Waals surface area (Å²) in [7, 11) is 1.48. The van der Waals surface area contributed by atoms with Crippen LogP contribution in [0.4, 0.5) is 0 Å². The number of hydrogen-bond acceptors (Lipinski definition) is 4. The summed E-state index contributed by atoms with van der Waals surface area (Å²) in [6.07, 6.45) is 2.94. The predicted octanol–water partition coefficient (Wildman–Crippen LogP) is 1.06. The van der Waals surface area contributed by atoms with Gasteiger partial charge in [-0.15, -0.1) is 0 Å². The minimum Gasteiger partial charge on any atom is -0.481 e. The van der Waals surface area contributed by atoms with Crippen LogP contribution in [0.15, 0.2) is 12.0 Å². The summed E-state index contributed by atoms with van der Waals surface area (Å²) in [5.74, 6) is 0.0194. The molecule has 1 N–H and O–H groups in total. The van der Waals surface area contributed by atoms with E-state index in [4.69, 9.17) is 5.11 Å². The van der Waals surface area contributed by atoms with Crippen molar-refractivity contribution in [1.29, 1.82) is 0 Å². The summed E-state index contributed by atoms with van der Waals surface area (Å²) in [5.41, 5.74) is 0. The van der Waals surface area contributed by atoms with Crippen molar-refractivity contribution in [1.82, 2.24) is 9.80 Å². The van der Waals surface area contributed by atoms with Crippen molar-refractivity contribution in [3.63, 3.8) is 0 Å². The Morgan fingerprint density at radius 3 is 2.40 bits per heavy atom. The van der Waals surface area contributed by atoms with Crippen LogP contribution >= 0.6 is 0 Å². The van der Waals surface area contributed by atoms with E-state index in [1.807, 2.05) is 0 Å². The molecule has 1 rings (SSSR count). The number of ether oxygens (including phenoxy) is 1. The Kier molecular flexibility index (Phi) is 5.50. The molecule has 0 radical (unpaired) electrons. The molecule has 88 valence electrons. The zero-order valence-corrected chi connectivity index (χ0v) is 9.78. The van der Waals surface area contributed by atoms with Gasteiger partial charge in [-0.05, 0) is 13.0 Å². The van der Waals surface area contributed by atoms with Gasteiger partial charge in [-0.3, -0.25) is 4.90 Å². The fourth-order valence-corrected chi connectivity index (χ4v) is 1.80. The van der Waals surface area contributed by atoms with E-state index < -0.39 is 0 Å². The van der Waals surface area contributed by atoms with Gasteiger partial charge in [0.1, 0.15) is 0 Å². The lowest BCUT2D eigenvalue weighted by molar-refractivity contribution is 0.122. The van der Waals surface area contributed by atoms with E-state index >= 15 is 0 Å². The van der Waals surface area contributed by atoms with Gasteiger partial charge in [0, 0.05) is 38.8 Å². The topological polar surface area (TPSA) is 35.9 Å². The second-order valence-corrected chi connectivity index (χ2v) is 3.89. The smallest absolute Gasteiger partial charge is 0.273 e. The minimum atomic E-state index is 0.0194. The Morgan fingerprint density at radius 2 is 1.87 bits per heavy atom. The Hall–Kier alpha value is -0.740. The van der Waals surface area contributed by atoms with E-state index in [9.17, 15) is 0 Å². The molecule has 0 bridgehead atoms. The van der Waals surface area contributed by atoms with Crippen molar-refractivity contribution < 1.29 is 9.84 Å². The zero-order valence-electron chi connectivity index (χ0n) is 9.78. The first-order valence-electron chi connectivity index (χ1n) is 5.64. The average Bonchev–Trinajstić information content (AvgIpc) is 2.28. The molecule has 1 heterocycles. The van der Waals surface area contributed by atoms with Gasteiger partial charge < -0.3 is 14.7 Å². The highest BCUT2D eigenvalue weighted by molar-refractivity contribution is 4.86. The van der Waals surface area contributed by atoms with E-state index in [1.54, 1.807) is 6.08 Å². The molecule has 0 saturated carbocycles. The van der Waals surface area contributed by atoms with E-state index in [0.717, 1.165) is 32.7 Å². The van der Waals surface area contributed by atoms with Gasteiger partial charge in [0.25, 0.3) is 5.95 Å². The second-order valence-electron chi connectivity index (χ2n) is 3.89. The van der Waals surface area contributed by atoms with Crippen molar-refractivity contribution in [3.8, 4) is 0 Å². The zero-order chi connectivity index (χ0) is 11.1. The standard InChI is InChI=1S/C11H22N2O2/c1-3-5-12-7-9-13(10-8-12)6-4-11(14)15-2/h4,14H,3,5-10H2,1-2H3/b11-4+. The Balaban J connectivity index is 2.20. The first kappa shape index (κ1) is 12.3. The summed E-state index contributed by atoms with van der Waals surface area (Å²) in [5, 5.41) is 9.13. The number of aliphatic hydroxyl groups is 1. The molecule has 0 aromatic heterocycles. The third-order valence-corrected chi connectivity index (χ3v) is 2.74. The molecule has 1 fully saturated rings. The van der Waals surface area contributed by atoms with Gasteiger partial charge >= 0.3 is 0 Å². The maximum absolute atomic E-state index is 9.13. The van der Waals surface area contributed by atoms with Crippen LogP contribution in [-0.4, -0.2) is 61.3 Å². The molecule has 4 heteroatoms. The summed E-state index contributed by atoms with van der Waals surface area (Å²) in [6.45, 7) is 8.62. The van der Waals surface area contributed by atoms with Gasteiger partial charge in [-0.1, -0.05) is 6.92 Å². The summed E-state index contributed by atoms with van der Waals surface area (Å²) in [6, 6.07) is 0. The number of methoxy groups -OCH3 is 1. The maximum atomic E-state index is 9.13. The van der Waals surface area contributed by atoms with E-state index in [2.05, 4.69) is 21.5 Å². The summed E-state index contributed by atoms with van der Waals surface area (Å²) in [4.78, 5) is 4.80. The molecule has 15 heavy (non-hydrogen) atoms. The van der Waals surface area contributed by atoms with Crippen LogP contribution in [0.5, 0.6) is 0 Å². The van der Waals surface area contributed by atoms with Crippen LogP contribution in [-0.2, 0) is 4.74 Å². The van der Waals surface area contributed by atoms with Crippen molar-refractivity contribution >= 4 is 0 Å². The van der Waals surface area contributed by atoms with Crippen LogP contribution < -0.4 is 0 Å². The van der Waals surface area contributed by atoms with Crippen molar-refractivity contribution in [2.45, 2.75) is 13.3 Å².